The van der Waals surface area contributed by atoms with Gasteiger partial charge in [0, 0.05) is 52.2 Å². The van der Waals surface area contributed by atoms with E-state index in [1.54, 1.807) is 46.7 Å². The minimum atomic E-state index is -1.21. The molecule has 2 heterocycles. The summed E-state index contributed by atoms with van der Waals surface area (Å²) in [5.74, 6) is -0.565. The molecule has 3 atom stereocenters. The Labute approximate surface area is 247 Å². The molecule has 1 aromatic heterocycles. The number of hydrogen-bond donors (Lipinski definition) is 3. The number of anilines is 1. The molecule has 3 N–H and O–H groups in total. The number of carboxylic acid groups (broad SMARTS) is 1. The fourth-order valence-electron chi connectivity index (χ4n) is 4.74. The zero-order valence-corrected chi connectivity index (χ0v) is 24.7. The molecular weight excluding hydrogens is 572 g/mol. The summed E-state index contributed by atoms with van der Waals surface area (Å²) in [5, 5.41) is 32.6. The summed E-state index contributed by atoms with van der Waals surface area (Å²) < 4.78 is 17.8. The van der Waals surface area contributed by atoms with Gasteiger partial charge in [0.15, 0.2) is 11.5 Å². The van der Waals surface area contributed by atoms with Crippen molar-refractivity contribution in [1.82, 2.24) is 4.98 Å². The monoisotopic (exact) mass is 604 g/mol. The molecule has 3 unspecified atom stereocenters. The second-order valence-electron chi connectivity index (χ2n) is 10.5. The number of aromatic nitrogens is 1. The van der Waals surface area contributed by atoms with E-state index in [2.05, 4.69) is 4.98 Å². The van der Waals surface area contributed by atoms with Gasteiger partial charge >= 0.3 is 5.97 Å². The molecular formula is C29H33ClN2O8S. The third kappa shape index (κ3) is 6.82. The number of ether oxygens (including phenoxy) is 3. The van der Waals surface area contributed by atoms with Crippen molar-refractivity contribution in [3.63, 3.8) is 0 Å². The van der Waals surface area contributed by atoms with E-state index in [4.69, 9.17) is 30.9 Å². The van der Waals surface area contributed by atoms with Crippen LogP contribution in [0.25, 0.3) is 0 Å². The molecule has 1 aliphatic rings. The highest BCUT2D eigenvalue weighted by molar-refractivity contribution is 7.09. The number of carbonyl (C=O) groups is 2. The number of aliphatic carboxylic acids is 1. The summed E-state index contributed by atoms with van der Waals surface area (Å²) in [5.41, 5.74) is 1.39. The lowest BCUT2D eigenvalue weighted by molar-refractivity contribution is -0.136. The van der Waals surface area contributed by atoms with Crippen LogP contribution in [-0.2, 0) is 20.7 Å². The van der Waals surface area contributed by atoms with E-state index in [1.165, 1.54) is 14.2 Å². The van der Waals surface area contributed by atoms with E-state index < -0.39 is 35.6 Å². The molecule has 1 amide bonds. The van der Waals surface area contributed by atoms with Crippen LogP contribution in [0.5, 0.6) is 11.5 Å². The zero-order valence-electron chi connectivity index (χ0n) is 23.2. The molecule has 2 aromatic carbocycles. The van der Waals surface area contributed by atoms with Crippen LogP contribution in [0.15, 0.2) is 41.8 Å². The van der Waals surface area contributed by atoms with Gasteiger partial charge in [-0.3, -0.25) is 9.59 Å². The van der Waals surface area contributed by atoms with Gasteiger partial charge in [-0.15, -0.1) is 11.3 Å². The molecule has 0 bridgehead atoms. The number of para-hydroxylation sites is 1. The summed E-state index contributed by atoms with van der Waals surface area (Å²) in [6.07, 6.45) is -3.64. The van der Waals surface area contributed by atoms with Crippen molar-refractivity contribution >= 4 is 40.5 Å². The minimum absolute atomic E-state index is 0.153. The van der Waals surface area contributed by atoms with Crippen molar-refractivity contribution in [1.29, 1.82) is 0 Å². The maximum atomic E-state index is 14.2. The molecule has 12 heteroatoms. The number of hydrogen-bond acceptors (Lipinski definition) is 9. The van der Waals surface area contributed by atoms with Crippen molar-refractivity contribution in [2.75, 3.05) is 32.3 Å². The molecule has 0 spiro atoms. The Kier molecular flexibility index (Phi) is 9.55. The maximum absolute atomic E-state index is 14.2. The van der Waals surface area contributed by atoms with Crippen LogP contribution in [-0.4, -0.2) is 65.7 Å². The standard InChI is InChI=1S/C29H33ClN2O8S/c1-29(2,15-33)14-32-20-9-8-16(30)10-19(20)25(18-6-5-7-22(38-3)26(18)39-4)40-23(28(32)37)12-21(34)27-31-17(13-41-27)11-24(35)36/h5-10,13,21,23,25,33-34H,11-12,14-15H2,1-4H3,(H,35,36). The minimum Gasteiger partial charge on any atom is -0.493 e. The molecule has 4 rings (SSSR count). The normalized spacial score (nSPS) is 18.0. The highest BCUT2D eigenvalue weighted by Crippen LogP contribution is 2.46. The van der Waals surface area contributed by atoms with E-state index >= 15 is 0 Å². The van der Waals surface area contributed by atoms with E-state index in [0.29, 0.717) is 39.0 Å². The third-order valence-electron chi connectivity index (χ3n) is 6.76. The topological polar surface area (TPSA) is 139 Å². The Morgan fingerprint density at radius 2 is 1.98 bits per heavy atom. The highest BCUT2D eigenvalue weighted by Gasteiger charge is 2.41. The summed E-state index contributed by atoms with van der Waals surface area (Å²) in [6.45, 7) is 3.67. The molecule has 3 aromatic rings. The van der Waals surface area contributed by atoms with Crippen LogP contribution < -0.4 is 14.4 Å². The van der Waals surface area contributed by atoms with E-state index in [0.717, 1.165) is 11.3 Å². The highest BCUT2D eigenvalue weighted by atomic mass is 35.5. The van der Waals surface area contributed by atoms with Gasteiger partial charge in [-0.05, 0) is 24.3 Å². The number of fused-ring (bicyclic) bond motifs is 1. The summed E-state index contributed by atoms with van der Waals surface area (Å²) >= 11 is 7.57. The summed E-state index contributed by atoms with van der Waals surface area (Å²) in [6, 6.07) is 10.5. The van der Waals surface area contributed by atoms with Crippen LogP contribution in [0.1, 0.15) is 54.3 Å². The number of halogens is 1. The van der Waals surface area contributed by atoms with Crippen LogP contribution in [0.3, 0.4) is 0 Å². The largest absolute Gasteiger partial charge is 0.493 e. The number of methoxy groups -OCH3 is 2. The molecule has 0 aliphatic carbocycles. The lowest BCUT2D eigenvalue weighted by Gasteiger charge is -2.33. The first-order valence-electron chi connectivity index (χ1n) is 12.9. The van der Waals surface area contributed by atoms with Crippen LogP contribution in [0, 0.1) is 5.41 Å². The van der Waals surface area contributed by atoms with Gasteiger partial charge in [-0.1, -0.05) is 37.6 Å². The SMILES string of the molecule is COc1cccc(C2OC(CC(O)c3nc(CC(=O)O)cs3)C(=O)N(CC(C)(C)CO)c3ccc(Cl)cc32)c1OC. The number of aliphatic hydroxyl groups is 2. The third-order valence-corrected chi connectivity index (χ3v) is 7.99. The molecule has 0 fully saturated rings. The first kappa shape index (κ1) is 30.7. The van der Waals surface area contributed by atoms with Gasteiger partial charge < -0.3 is 34.4 Å². The number of rotatable bonds is 11. The average Bonchev–Trinajstić information content (AvgIpc) is 3.37. The van der Waals surface area contributed by atoms with Gasteiger partial charge in [-0.25, -0.2) is 4.98 Å². The number of nitrogens with zero attached hydrogens (tertiary/aromatic N) is 2. The number of thiazole rings is 1. The van der Waals surface area contributed by atoms with Crippen LogP contribution >= 0.6 is 22.9 Å². The van der Waals surface area contributed by atoms with Gasteiger partial charge in [0.05, 0.1) is 26.3 Å². The predicted molar refractivity (Wildman–Crippen MR) is 154 cm³/mol. The predicted octanol–water partition coefficient (Wildman–Crippen LogP) is 4.40. The Morgan fingerprint density at radius 3 is 2.63 bits per heavy atom. The van der Waals surface area contributed by atoms with Gasteiger partial charge in [0.1, 0.15) is 23.3 Å². The Balaban J connectivity index is 1.83. The fraction of sp³-hybridized carbons (Fsp3) is 0.414. The lowest BCUT2D eigenvalue weighted by atomic mass is 9.92. The average molecular weight is 605 g/mol. The van der Waals surface area contributed by atoms with Gasteiger partial charge in [0.25, 0.3) is 5.91 Å². The van der Waals surface area contributed by atoms with E-state index in [1.807, 2.05) is 13.8 Å². The van der Waals surface area contributed by atoms with Crippen molar-refractivity contribution in [3.8, 4) is 11.5 Å². The fourth-order valence-corrected chi connectivity index (χ4v) is 5.74. The summed E-state index contributed by atoms with van der Waals surface area (Å²) in [7, 11) is 3.03. The van der Waals surface area contributed by atoms with E-state index in [-0.39, 0.29) is 31.0 Å². The number of carbonyl (C=O) groups excluding carboxylic acids is 1. The lowest BCUT2D eigenvalue weighted by Crippen LogP contribution is -2.45. The number of amides is 1. The number of aliphatic hydroxyl groups excluding tert-OH is 2. The van der Waals surface area contributed by atoms with Crippen LogP contribution in [0.4, 0.5) is 5.69 Å². The molecule has 10 nitrogen and oxygen atoms in total. The molecule has 0 saturated heterocycles. The number of benzene rings is 2. The zero-order chi connectivity index (χ0) is 29.9. The Hall–Kier alpha value is -3.22. The first-order valence-corrected chi connectivity index (χ1v) is 14.2. The second kappa shape index (κ2) is 12.7. The molecule has 0 radical (unpaired) electrons. The summed E-state index contributed by atoms with van der Waals surface area (Å²) in [4.78, 5) is 31.1. The first-order chi connectivity index (χ1) is 19.5. The maximum Gasteiger partial charge on any atom is 0.309 e. The van der Waals surface area contributed by atoms with Crippen LogP contribution in [0.2, 0.25) is 5.02 Å². The molecule has 41 heavy (non-hydrogen) atoms. The van der Waals surface area contributed by atoms with Crippen molar-refractivity contribution in [2.24, 2.45) is 5.41 Å². The molecule has 1 aliphatic heterocycles. The number of carboxylic acids is 1. The quantitative estimate of drug-likeness (QED) is 0.290. The molecule has 0 saturated carbocycles. The molecule has 220 valence electrons. The smallest absolute Gasteiger partial charge is 0.309 e. The van der Waals surface area contributed by atoms with Gasteiger partial charge in [0.2, 0.25) is 0 Å². The van der Waals surface area contributed by atoms with Crippen molar-refractivity contribution in [2.45, 2.75) is 45.0 Å². The van der Waals surface area contributed by atoms with Crippen molar-refractivity contribution < 1.29 is 39.1 Å². The van der Waals surface area contributed by atoms with E-state index in [9.17, 15) is 19.8 Å². The Morgan fingerprint density at radius 1 is 1.22 bits per heavy atom. The van der Waals surface area contributed by atoms with Gasteiger partial charge in [-0.2, -0.15) is 0 Å². The van der Waals surface area contributed by atoms with Crippen molar-refractivity contribution in [3.05, 3.63) is 68.6 Å². The second-order valence-corrected chi connectivity index (χ2v) is 11.9. The Bertz CT molecular complexity index is 1410.